The monoisotopic (exact) mass is 295 g/mol. The van der Waals surface area contributed by atoms with E-state index in [-0.39, 0.29) is 5.02 Å². The number of halogens is 2. The molecule has 0 heterocycles. The van der Waals surface area contributed by atoms with Gasteiger partial charge in [-0.1, -0.05) is 11.6 Å². The Hall–Kier alpha value is -1.18. The molecule has 0 aliphatic heterocycles. The largest absolute Gasteiger partial charge is 0.481 e. The van der Waals surface area contributed by atoms with Gasteiger partial charge in [-0.25, -0.2) is 17.5 Å². The summed E-state index contributed by atoms with van der Waals surface area (Å²) < 4.78 is 39.0. The van der Waals surface area contributed by atoms with Crippen LogP contribution in [0.4, 0.5) is 4.39 Å². The molecule has 0 bridgehead atoms. The fourth-order valence-corrected chi connectivity index (χ4v) is 2.90. The topological polar surface area (TPSA) is 83.5 Å². The summed E-state index contributed by atoms with van der Waals surface area (Å²) in [6.07, 6.45) is -0.401. The smallest absolute Gasteiger partial charge is 0.304 e. The molecule has 0 amide bonds. The summed E-state index contributed by atoms with van der Waals surface area (Å²) in [7, 11) is -4.13. The molecule has 1 rings (SSSR count). The molecule has 0 aromatic heterocycles. The van der Waals surface area contributed by atoms with Crippen LogP contribution in [0.25, 0.3) is 0 Å². The number of benzene rings is 1. The van der Waals surface area contributed by atoms with E-state index in [0.717, 1.165) is 12.1 Å². The van der Waals surface area contributed by atoms with Crippen molar-refractivity contribution in [2.75, 3.05) is 0 Å². The van der Waals surface area contributed by atoms with E-state index in [1.54, 1.807) is 0 Å². The minimum Gasteiger partial charge on any atom is -0.481 e. The molecule has 8 heteroatoms. The maximum atomic E-state index is 13.4. The maximum absolute atomic E-state index is 13.4. The zero-order valence-corrected chi connectivity index (χ0v) is 10.9. The number of nitrogens with one attached hydrogen (secondary N) is 1. The molecule has 100 valence electrons. The summed E-state index contributed by atoms with van der Waals surface area (Å²) in [6.45, 7) is 1.37. The molecule has 1 aromatic rings. The van der Waals surface area contributed by atoms with Crippen LogP contribution in [0.5, 0.6) is 0 Å². The van der Waals surface area contributed by atoms with Gasteiger partial charge in [0.15, 0.2) is 0 Å². The molecule has 0 aliphatic carbocycles. The van der Waals surface area contributed by atoms with Crippen molar-refractivity contribution < 1.29 is 22.7 Å². The van der Waals surface area contributed by atoms with Crippen LogP contribution in [0.1, 0.15) is 13.3 Å². The molecule has 0 saturated carbocycles. The number of sulfonamides is 1. The lowest BCUT2D eigenvalue weighted by Gasteiger charge is -2.12. The van der Waals surface area contributed by atoms with Crippen LogP contribution >= 0.6 is 11.6 Å². The van der Waals surface area contributed by atoms with E-state index in [1.807, 2.05) is 0 Å². The van der Waals surface area contributed by atoms with Gasteiger partial charge in [0.05, 0.1) is 6.42 Å². The summed E-state index contributed by atoms with van der Waals surface area (Å²) in [5, 5.41) is 8.59. The van der Waals surface area contributed by atoms with E-state index in [1.165, 1.54) is 13.0 Å². The number of carboxylic acid groups (broad SMARTS) is 1. The first-order valence-electron chi connectivity index (χ1n) is 4.91. The molecule has 0 fully saturated rings. The van der Waals surface area contributed by atoms with Crippen molar-refractivity contribution in [3.8, 4) is 0 Å². The average Bonchev–Trinajstić information content (AvgIpc) is 2.19. The Morgan fingerprint density at radius 3 is 2.72 bits per heavy atom. The Kier molecular flexibility index (Phi) is 4.66. The first kappa shape index (κ1) is 14.9. The third kappa shape index (κ3) is 3.94. The lowest BCUT2D eigenvalue weighted by molar-refractivity contribution is -0.137. The van der Waals surface area contributed by atoms with Gasteiger partial charge in [-0.3, -0.25) is 4.79 Å². The quantitative estimate of drug-likeness (QED) is 0.864. The van der Waals surface area contributed by atoms with Crippen molar-refractivity contribution in [3.05, 3.63) is 29.0 Å². The first-order valence-corrected chi connectivity index (χ1v) is 6.77. The number of rotatable bonds is 5. The molecule has 0 aliphatic rings. The molecule has 1 aromatic carbocycles. The third-order valence-corrected chi connectivity index (χ3v) is 3.86. The molecular formula is C10H11ClFNO4S. The van der Waals surface area contributed by atoms with Crippen LogP contribution in [0, 0.1) is 5.82 Å². The normalized spacial score (nSPS) is 13.3. The SMILES string of the molecule is C[C@@H](CC(=O)O)NS(=O)(=O)c1cc(Cl)ccc1F. The summed E-state index contributed by atoms with van der Waals surface area (Å²) in [5.74, 6) is -2.11. The van der Waals surface area contributed by atoms with Gasteiger partial charge in [0.2, 0.25) is 10.0 Å². The highest BCUT2D eigenvalue weighted by Gasteiger charge is 2.22. The predicted molar refractivity (Wildman–Crippen MR) is 63.4 cm³/mol. The van der Waals surface area contributed by atoms with Gasteiger partial charge in [0.1, 0.15) is 10.7 Å². The highest BCUT2D eigenvalue weighted by atomic mass is 35.5. The summed E-state index contributed by atoms with van der Waals surface area (Å²) in [6, 6.07) is 2.26. The second kappa shape index (κ2) is 5.64. The van der Waals surface area contributed by atoms with Crippen molar-refractivity contribution in [2.24, 2.45) is 0 Å². The van der Waals surface area contributed by atoms with Gasteiger partial charge in [-0.15, -0.1) is 0 Å². The van der Waals surface area contributed by atoms with Gasteiger partial charge in [0, 0.05) is 11.1 Å². The lowest BCUT2D eigenvalue weighted by atomic mass is 10.3. The second-order valence-electron chi connectivity index (χ2n) is 3.69. The first-order chi connectivity index (χ1) is 8.22. The molecule has 0 saturated heterocycles. The summed E-state index contributed by atoms with van der Waals surface area (Å²) >= 11 is 5.59. The van der Waals surface area contributed by atoms with E-state index in [9.17, 15) is 17.6 Å². The molecule has 0 unspecified atom stereocenters. The van der Waals surface area contributed by atoms with Crippen LogP contribution in [0.3, 0.4) is 0 Å². The van der Waals surface area contributed by atoms with Crippen molar-refractivity contribution in [2.45, 2.75) is 24.3 Å². The Labute approximate surface area is 109 Å². The number of hydrogen-bond donors (Lipinski definition) is 2. The van der Waals surface area contributed by atoms with Gasteiger partial charge in [0.25, 0.3) is 0 Å². The van der Waals surface area contributed by atoms with E-state index in [4.69, 9.17) is 16.7 Å². The molecule has 5 nitrogen and oxygen atoms in total. The molecule has 1 atom stereocenters. The van der Waals surface area contributed by atoms with Crippen LogP contribution in [0.15, 0.2) is 23.1 Å². The average molecular weight is 296 g/mol. The van der Waals surface area contributed by atoms with E-state index in [2.05, 4.69) is 4.72 Å². The van der Waals surface area contributed by atoms with Gasteiger partial charge in [-0.05, 0) is 25.1 Å². The summed E-state index contributed by atoms with van der Waals surface area (Å²) in [5.41, 5.74) is 0. The molecular weight excluding hydrogens is 285 g/mol. The zero-order valence-electron chi connectivity index (χ0n) is 9.35. The van der Waals surface area contributed by atoms with Crippen molar-refractivity contribution in [1.82, 2.24) is 4.72 Å². The molecule has 0 spiro atoms. The summed E-state index contributed by atoms with van der Waals surface area (Å²) in [4.78, 5) is 9.82. The maximum Gasteiger partial charge on any atom is 0.304 e. The van der Waals surface area contributed by atoms with Gasteiger partial charge < -0.3 is 5.11 Å². The number of carbonyl (C=O) groups is 1. The van der Waals surface area contributed by atoms with Crippen molar-refractivity contribution >= 4 is 27.6 Å². The Bertz CT molecular complexity index is 561. The Balaban J connectivity index is 2.99. The van der Waals surface area contributed by atoms with Crippen LogP contribution < -0.4 is 4.72 Å². The lowest BCUT2D eigenvalue weighted by Crippen LogP contribution is -2.34. The standard InChI is InChI=1S/C10H11ClFNO4S/c1-6(4-10(14)15)13-18(16,17)9-5-7(11)2-3-8(9)12/h2-3,5-6,13H,4H2,1H3,(H,14,15)/t6-/m0/s1. The molecule has 2 N–H and O–H groups in total. The predicted octanol–water partition coefficient (Wildman–Crippen LogP) is 1.62. The highest BCUT2D eigenvalue weighted by Crippen LogP contribution is 2.19. The fourth-order valence-electron chi connectivity index (χ4n) is 1.32. The Morgan fingerprint density at radius 1 is 1.56 bits per heavy atom. The number of hydrogen-bond acceptors (Lipinski definition) is 3. The van der Waals surface area contributed by atoms with Crippen molar-refractivity contribution in [3.63, 3.8) is 0 Å². The second-order valence-corrected chi connectivity index (χ2v) is 5.81. The van der Waals surface area contributed by atoms with E-state index >= 15 is 0 Å². The minimum absolute atomic E-state index is 0.0719. The zero-order chi connectivity index (χ0) is 13.9. The third-order valence-electron chi connectivity index (χ3n) is 2.02. The van der Waals surface area contributed by atoms with Gasteiger partial charge >= 0.3 is 5.97 Å². The molecule has 0 radical (unpaired) electrons. The van der Waals surface area contributed by atoms with Crippen LogP contribution in [-0.2, 0) is 14.8 Å². The van der Waals surface area contributed by atoms with Crippen LogP contribution in [-0.4, -0.2) is 25.5 Å². The van der Waals surface area contributed by atoms with Gasteiger partial charge in [-0.2, -0.15) is 0 Å². The van der Waals surface area contributed by atoms with E-state index in [0.29, 0.717) is 0 Å². The number of carboxylic acids is 1. The van der Waals surface area contributed by atoms with E-state index < -0.39 is 39.2 Å². The van der Waals surface area contributed by atoms with Crippen molar-refractivity contribution in [1.29, 1.82) is 0 Å². The fraction of sp³-hybridized carbons (Fsp3) is 0.300. The van der Waals surface area contributed by atoms with Crippen LogP contribution in [0.2, 0.25) is 5.02 Å². The Morgan fingerprint density at radius 2 is 2.17 bits per heavy atom. The highest BCUT2D eigenvalue weighted by molar-refractivity contribution is 7.89. The number of aliphatic carboxylic acids is 1. The minimum atomic E-state index is -4.13. The molecule has 18 heavy (non-hydrogen) atoms.